The van der Waals surface area contributed by atoms with E-state index in [0.29, 0.717) is 23.6 Å². The van der Waals surface area contributed by atoms with E-state index in [0.717, 1.165) is 24.6 Å². The minimum atomic E-state index is -0.108. The van der Waals surface area contributed by atoms with Gasteiger partial charge in [-0.1, -0.05) is 13.0 Å². The van der Waals surface area contributed by atoms with Crippen LogP contribution in [0.3, 0.4) is 0 Å². The van der Waals surface area contributed by atoms with Crippen LogP contribution in [0.15, 0.2) is 29.6 Å². The van der Waals surface area contributed by atoms with Crippen molar-refractivity contribution in [3.8, 4) is 11.5 Å². The Morgan fingerprint density at radius 3 is 2.43 bits per heavy atom. The summed E-state index contributed by atoms with van der Waals surface area (Å²) >= 11 is 1.75. The molecule has 152 valence electrons. The Morgan fingerprint density at radius 2 is 1.89 bits per heavy atom. The second-order valence-electron chi connectivity index (χ2n) is 7.47. The maximum absolute atomic E-state index is 12.9. The minimum absolute atomic E-state index is 0.108. The van der Waals surface area contributed by atoms with Crippen molar-refractivity contribution in [2.75, 3.05) is 33.9 Å². The van der Waals surface area contributed by atoms with Crippen LogP contribution in [0.5, 0.6) is 11.5 Å². The van der Waals surface area contributed by atoms with E-state index < -0.39 is 0 Å². The van der Waals surface area contributed by atoms with Crippen LogP contribution in [-0.2, 0) is 0 Å². The molecule has 1 aromatic heterocycles. The summed E-state index contributed by atoms with van der Waals surface area (Å²) in [6.07, 6.45) is 2.42. The van der Waals surface area contributed by atoms with Crippen molar-refractivity contribution in [2.24, 2.45) is 5.92 Å². The van der Waals surface area contributed by atoms with Crippen LogP contribution in [-0.4, -0.2) is 44.7 Å². The number of nitrogens with zero attached hydrogens (tertiary/aromatic N) is 1. The lowest BCUT2D eigenvalue weighted by molar-refractivity contribution is 0.0914. The summed E-state index contributed by atoms with van der Waals surface area (Å²) in [5.41, 5.74) is 1.44. The highest BCUT2D eigenvalue weighted by Crippen LogP contribution is 2.31. The summed E-state index contributed by atoms with van der Waals surface area (Å²) in [6, 6.07) is 8.01. The number of likely N-dealkylation sites (tertiary alicyclic amines) is 1. The Bertz CT molecular complexity index is 758. The number of methoxy groups -OCH3 is 2. The number of benzene rings is 1. The molecular weight excluding hydrogens is 372 g/mol. The molecule has 1 unspecified atom stereocenters. The van der Waals surface area contributed by atoms with E-state index >= 15 is 0 Å². The van der Waals surface area contributed by atoms with Crippen molar-refractivity contribution in [1.82, 2.24) is 10.2 Å². The van der Waals surface area contributed by atoms with E-state index in [-0.39, 0.29) is 11.9 Å². The topological polar surface area (TPSA) is 50.8 Å². The molecule has 1 aromatic carbocycles. The largest absolute Gasteiger partial charge is 0.496 e. The fourth-order valence-electron chi connectivity index (χ4n) is 3.74. The average molecular weight is 403 g/mol. The van der Waals surface area contributed by atoms with E-state index in [4.69, 9.17) is 9.47 Å². The number of rotatable bonds is 7. The summed E-state index contributed by atoms with van der Waals surface area (Å²) in [7, 11) is 3.21. The number of ether oxygens (including phenoxy) is 2. The second-order valence-corrected chi connectivity index (χ2v) is 8.44. The molecule has 2 aromatic rings. The van der Waals surface area contributed by atoms with Gasteiger partial charge in [-0.15, -0.1) is 11.3 Å². The SMILES string of the molecule is COc1cc(C(=O)NCC(c2cccs2)N2CCC(C)CC2)cc(OC)c1C. The lowest BCUT2D eigenvalue weighted by Crippen LogP contribution is -2.41. The van der Waals surface area contributed by atoms with E-state index in [1.807, 2.05) is 6.92 Å². The zero-order chi connectivity index (χ0) is 20.1. The molecule has 28 heavy (non-hydrogen) atoms. The molecule has 2 heterocycles. The fourth-order valence-corrected chi connectivity index (χ4v) is 4.60. The molecule has 3 rings (SSSR count). The Labute approximate surface area is 171 Å². The summed E-state index contributed by atoms with van der Waals surface area (Å²) < 4.78 is 10.8. The zero-order valence-electron chi connectivity index (χ0n) is 17.2. The Morgan fingerprint density at radius 1 is 1.25 bits per heavy atom. The van der Waals surface area contributed by atoms with Crippen LogP contribution in [0, 0.1) is 12.8 Å². The van der Waals surface area contributed by atoms with Crippen molar-refractivity contribution < 1.29 is 14.3 Å². The third kappa shape index (κ3) is 4.67. The van der Waals surface area contributed by atoms with Gasteiger partial charge in [0.05, 0.1) is 20.3 Å². The number of thiophene rings is 1. The first kappa shape index (κ1) is 20.7. The van der Waals surface area contributed by atoms with Crippen LogP contribution in [0.2, 0.25) is 0 Å². The monoisotopic (exact) mass is 402 g/mol. The molecule has 0 spiro atoms. The number of carbonyl (C=O) groups is 1. The van der Waals surface area contributed by atoms with E-state index in [2.05, 4.69) is 34.7 Å². The van der Waals surface area contributed by atoms with Gasteiger partial charge in [-0.3, -0.25) is 9.69 Å². The third-order valence-electron chi connectivity index (χ3n) is 5.60. The minimum Gasteiger partial charge on any atom is -0.496 e. The van der Waals surface area contributed by atoms with Crippen LogP contribution < -0.4 is 14.8 Å². The van der Waals surface area contributed by atoms with Gasteiger partial charge in [-0.05, 0) is 62.4 Å². The quantitative estimate of drug-likeness (QED) is 0.751. The lowest BCUT2D eigenvalue weighted by atomic mass is 9.97. The number of hydrogen-bond donors (Lipinski definition) is 1. The molecule has 5 nitrogen and oxygen atoms in total. The first-order valence-electron chi connectivity index (χ1n) is 9.81. The van der Waals surface area contributed by atoms with Gasteiger partial charge in [-0.2, -0.15) is 0 Å². The second kappa shape index (κ2) is 9.43. The van der Waals surface area contributed by atoms with Crippen molar-refractivity contribution in [1.29, 1.82) is 0 Å². The maximum atomic E-state index is 12.9. The molecule has 1 saturated heterocycles. The molecule has 1 atom stereocenters. The summed E-state index contributed by atoms with van der Waals surface area (Å²) in [5, 5.41) is 5.24. The molecule has 6 heteroatoms. The van der Waals surface area contributed by atoms with Gasteiger partial charge in [0.25, 0.3) is 5.91 Å². The first-order chi connectivity index (χ1) is 13.5. The Kier molecular flexibility index (Phi) is 6.97. The highest BCUT2D eigenvalue weighted by molar-refractivity contribution is 7.10. The number of piperidine rings is 1. The molecule has 1 N–H and O–H groups in total. The van der Waals surface area contributed by atoms with Gasteiger partial charge in [0, 0.05) is 22.5 Å². The smallest absolute Gasteiger partial charge is 0.251 e. The number of carbonyl (C=O) groups excluding carboxylic acids is 1. The van der Waals surface area contributed by atoms with Crippen molar-refractivity contribution in [2.45, 2.75) is 32.7 Å². The normalized spacial score (nSPS) is 16.6. The van der Waals surface area contributed by atoms with E-state index in [1.165, 1.54) is 17.7 Å². The van der Waals surface area contributed by atoms with Gasteiger partial charge in [-0.25, -0.2) is 0 Å². The number of hydrogen-bond acceptors (Lipinski definition) is 5. The van der Waals surface area contributed by atoms with Crippen LogP contribution >= 0.6 is 11.3 Å². The zero-order valence-corrected chi connectivity index (χ0v) is 18.0. The van der Waals surface area contributed by atoms with Gasteiger partial charge in [0.1, 0.15) is 11.5 Å². The summed E-state index contributed by atoms with van der Waals surface area (Å²) in [5.74, 6) is 1.99. The molecule has 1 amide bonds. The molecule has 1 aliphatic heterocycles. The molecular formula is C22H30N2O3S. The number of nitrogens with one attached hydrogen (secondary N) is 1. The Balaban J connectivity index is 1.73. The molecule has 1 aliphatic rings. The highest BCUT2D eigenvalue weighted by atomic mass is 32.1. The van der Waals surface area contributed by atoms with E-state index in [9.17, 15) is 4.79 Å². The number of amides is 1. The molecule has 1 fully saturated rings. The van der Waals surface area contributed by atoms with Gasteiger partial charge in [0.15, 0.2) is 0 Å². The third-order valence-corrected chi connectivity index (χ3v) is 6.57. The van der Waals surface area contributed by atoms with Crippen LogP contribution in [0.1, 0.15) is 46.6 Å². The predicted octanol–water partition coefficient (Wildman–Crippen LogP) is 4.28. The van der Waals surface area contributed by atoms with Gasteiger partial charge >= 0.3 is 0 Å². The average Bonchev–Trinajstić information content (AvgIpc) is 3.24. The predicted molar refractivity (Wildman–Crippen MR) is 114 cm³/mol. The van der Waals surface area contributed by atoms with Crippen LogP contribution in [0.25, 0.3) is 0 Å². The summed E-state index contributed by atoms with van der Waals surface area (Å²) in [6.45, 7) is 6.98. The standard InChI is InChI=1S/C22H30N2O3S/c1-15-7-9-24(10-8-15)18(21-6-5-11-28-21)14-23-22(25)17-12-19(26-3)16(2)20(13-17)27-4/h5-6,11-13,15,18H,7-10,14H2,1-4H3,(H,23,25). The highest BCUT2D eigenvalue weighted by Gasteiger charge is 2.26. The van der Waals surface area contributed by atoms with Crippen LogP contribution in [0.4, 0.5) is 0 Å². The molecule has 0 saturated carbocycles. The van der Waals surface area contributed by atoms with Crippen molar-refractivity contribution in [3.05, 3.63) is 45.6 Å². The van der Waals surface area contributed by atoms with Gasteiger partial charge in [0.2, 0.25) is 0 Å². The fraction of sp³-hybridized carbons (Fsp3) is 0.500. The van der Waals surface area contributed by atoms with Crippen molar-refractivity contribution in [3.63, 3.8) is 0 Å². The van der Waals surface area contributed by atoms with Gasteiger partial charge < -0.3 is 14.8 Å². The molecule has 0 radical (unpaired) electrons. The molecule has 0 aliphatic carbocycles. The maximum Gasteiger partial charge on any atom is 0.251 e. The van der Waals surface area contributed by atoms with E-state index in [1.54, 1.807) is 37.7 Å². The first-order valence-corrected chi connectivity index (χ1v) is 10.7. The van der Waals surface area contributed by atoms with Crippen molar-refractivity contribution >= 4 is 17.2 Å². The molecule has 0 bridgehead atoms. The Hall–Kier alpha value is -2.05. The summed E-state index contributed by atoms with van der Waals surface area (Å²) in [4.78, 5) is 16.7. The lowest BCUT2D eigenvalue weighted by Gasteiger charge is -2.36.